The number of aromatic nitrogens is 5. The fourth-order valence-electron chi connectivity index (χ4n) is 2.79. The Bertz CT molecular complexity index is 1130. The van der Waals surface area contributed by atoms with Gasteiger partial charge >= 0.3 is 0 Å². The average molecular weight is 408 g/mol. The van der Waals surface area contributed by atoms with E-state index in [-0.39, 0.29) is 5.91 Å². The number of halogens is 1. The molecule has 0 atom stereocenters. The van der Waals surface area contributed by atoms with E-state index in [1.54, 1.807) is 35.0 Å². The Hall–Kier alpha value is -3.52. The molecule has 1 aromatic carbocycles. The van der Waals surface area contributed by atoms with Gasteiger partial charge in [-0.3, -0.25) is 9.78 Å². The fraction of sp³-hybridized carbons (Fsp3) is 0.150. The van der Waals surface area contributed by atoms with Crippen LogP contribution in [0.15, 0.2) is 60.8 Å². The summed E-state index contributed by atoms with van der Waals surface area (Å²) >= 11 is 5.93. The van der Waals surface area contributed by atoms with E-state index >= 15 is 0 Å². The lowest BCUT2D eigenvalue weighted by Crippen LogP contribution is -2.26. The minimum atomic E-state index is -0.188. The number of hydrogen-bond donors (Lipinski definition) is 2. The van der Waals surface area contributed by atoms with E-state index in [0.717, 1.165) is 5.69 Å². The van der Waals surface area contributed by atoms with Crippen LogP contribution in [0.1, 0.15) is 21.9 Å². The maximum atomic E-state index is 12.2. The number of amides is 1. The summed E-state index contributed by atoms with van der Waals surface area (Å²) in [5.41, 5.74) is 2.08. The third-order valence-electron chi connectivity index (χ3n) is 4.23. The molecule has 1 amide bonds. The zero-order chi connectivity index (χ0) is 20.1. The van der Waals surface area contributed by atoms with Crippen molar-refractivity contribution in [3.8, 4) is 0 Å². The number of anilines is 1. The summed E-state index contributed by atoms with van der Waals surface area (Å²) < 4.78 is 1.67. The van der Waals surface area contributed by atoms with Crippen LogP contribution in [0.4, 0.5) is 5.82 Å². The van der Waals surface area contributed by atoms with Gasteiger partial charge in [-0.1, -0.05) is 23.7 Å². The van der Waals surface area contributed by atoms with Gasteiger partial charge in [0.1, 0.15) is 5.82 Å². The van der Waals surface area contributed by atoms with Gasteiger partial charge in [0.25, 0.3) is 5.91 Å². The molecule has 4 rings (SSSR count). The highest BCUT2D eigenvalue weighted by Crippen LogP contribution is 2.11. The van der Waals surface area contributed by atoms with Crippen LogP contribution in [0.2, 0.25) is 5.02 Å². The van der Waals surface area contributed by atoms with Gasteiger partial charge in [0.2, 0.25) is 0 Å². The predicted octanol–water partition coefficient (Wildman–Crippen LogP) is 2.76. The second-order valence-corrected chi connectivity index (χ2v) is 6.73. The van der Waals surface area contributed by atoms with Gasteiger partial charge in [-0.05, 0) is 42.5 Å². The van der Waals surface area contributed by atoms with Crippen molar-refractivity contribution in [1.82, 2.24) is 30.1 Å². The predicted molar refractivity (Wildman–Crippen MR) is 110 cm³/mol. The second-order valence-electron chi connectivity index (χ2n) is 6.30. The Kier molecular flexibility index (Phi) is 5.62. The molecule has 0 fully saturated rings. The molecule has 2 N–H and O–H groups in total. The molecule has 0 radical (unpaired) electrons. The highest BCUT2D eigenvalue weighted by atomic mass is 35.5. The van der Waals surface area contributed by atoms with Gasteiger partial charge in [-0.2, -0.15) is 4.52 Å². The Balaban J connectivity index is 1.39. The highest BCUT2D eigenvalue weighted by Gasteiger charge is 2.10. The maximum absolute atomic E-state index is 12.2. The maximum Gasteiger partial charge on any atom is 0.251 e. The number of carbonyl (C=O) groups is 1. The van der Waals surface area contributed by atoms with Crippen LogP contribution in [0.5, 0.6) is 0 Å². The topological polar surface area (TPSA) is 97.1 Å². The smallest absolute Gasteiger partial charge is 0.251 e. The zero-order valence-corrected chi connectivity index (χ0v) is 16.2. The molecule has 0 saturated carbocycles. The van der Waals surface area contributed by atoms with Crippen LogP contribution in [0.25, 0.3) is 5.65 Å². The van der Waals surface area contributed by atoms with Crippen LogP contribution in [0, 0.1) is 0 Å². The first kappa shape index (κ1) is 18.8. The molecule has 3 aromatic heterocycles. The third-order valence-corrected chi connectivity index (χ3v) is 4.46. The standard InChI is InChI=1S/C20H18ClN7O/c21-15-5-3-4-14(12-15)20(29)23-11-9-19-26-25-18-8-7-17(27-28(18)19)24-13-16-6-1-2-10-22-16/h1-8,10,12H,9,11,13H2,(H,23,29)(H,24,27). The number of rotatable bonds is 7. The fourth-order valence-corrected chi connectivity index (χ4v) is 2.98. The molecule has 0 saturated heterocycles. The Labute approximate surface area is 172 Å². The summed E-state index contributed by atoms with van der Waals surface area (Å²) in [5.74, 6) is 1.16. The van der Waals surface area contributed by atoms with Gasteiger partial charge in [0.05, 0.1) is 12.2 Å². The monoisotopic (exact) mass is 407 g/mol. The van der Waals surface area contributed by atoms with Gasteiger partial charge in [0, 0.05) is 29.7 Å². The molecule has 0 bridgehead atoms. The molecule has 0 aliphatic carbocycles. The number of fused-ring (bicyclic) bond motifs is 1. The molecule has 0 aliphatic heterocycles. The molecule has 29 heavy (non-hydrogen) atoms. The number of nitrogens with one attached hydrogen (secondary N) is 2. The quantitative estimate of drug-likeness (QED) is 0.489. The molecule has 8 nitrogen and oxygen atoms in total. The van der Waals surface area contributed by atoms with E-state index in [2.05, 4.69) is 30.9 Å². The minimum Gasteiger partial charge on any atom is -0.363 e. The number of pyridine rings is 1. The van der Waals surface area contributed by atoms with Crippen molar-refractivity contribution in [2.45, 2.75) is 13.0 Å². The lowest BCUT2D eigenvalue weighted by Gasteiger charge is -2.07. The second kappa shape index (κ2) is 8.66. The Morgan fingerprint density at radius 2 is 2.00 bits per heavy atom. The summed E-state index contributed by atoms with van der Waals surface area (Å²) in [4.78, 5) is 16.5. The molecule has 0 unspecified atom stereocenters. The average Bonchev–Trinajstić information content (AvgIpc) is 3.15. The summed E-state index contributed by atoms with van der Waals surface area (Å²) in [6.45, 7) is 0.964. The van der Waals surface area contributed by atoms with E-state index in [1.807, 2.05) is 30.3 Å². The largest absolute Gasteiger partial charge is 0.363 e. The van der Waals surface area contributed by atoms with Crippen molar-refractivity contribution in [3.63, 3.8) is 0 Å². The molecular weight excluding hydrogens is 390 g/mol. The lowest BCUT2D eigenvalue weighted by molar-refractivity contribution is 0.0954. The summed E-state index contributed by atoms with van der Waals surface area (Å²) in [5, 5.41) is 19.5. The van der Waals surface area contributed by atoms with E-state index in [4.69, 9.17) is 11.6 Å². The van der Waals surface area contributed by atoms with Crippen molar-refractivity contribution in [3.05, 3.63) is 82.9 Å². The molecule has 4 aromatic rings. The molecule has 0 spiro atoms. The van der Waals surface area contributed by atoms with E-state index in [9.17, 15) is 4.79 Å². The Morgan fingerprint density at radius 3 is 2.83 bits per heavy atom. The number of nitrogens with zero attached hydrogens (tertiary/aromatic N) is 5. The zero-order valence-electron chi connectivity index (χ0n) is 15.4. The Morgan fingerprint density at radius 1 is 1.07 bits per heavy atom. The molecular formula is C20H18ClN7O. The third kappa shape index (κ3) is 4.67. The van der Waals surface area contributed by atoms with Crippen LogP contribution in [-0.2, 0) is 13.0 Å². The normalized spacial score (nSPS) is 10.8. The summed E-state index contributed by atoms with van der Waals surface area (Å²) in [6.07, 6.45) is 2.24. The van der Waals surface area contributed by atoms with Crippen molar-refractivity contribution in [1.29, 1.82) is 0 Å². The first-order valence-electron chi connectivity index (χ1n) is 9.08. The first-order valence-corrected chi connectivity index (χ1v) is 9.46. The van der Waals surface area contributed by atoms with Crippen LogP contribution in [-0.4, -0.2) is 37.2 Å². The lowest BCUT2D eigenvalue weighted by atomic mass is 10.2. The van der Waals surface area contributed by atoms with E-state index < -0.39 is 0 Å². The molecule has 146 valence electrons. The van der Waals surface area contributed by atoms with Gasteiger partial charge in [0.15, 0.2) is 11.5 Å². The SMILES string of the molecule is O=C(NCCc1nnc2ccc(NCc3ccccn3)nn12)c1cccc(Cl)c1. The van der Waals surface area contributed by atoms with Gasteiger partial charge < -0.3 is 10.6 Å². The van der Waals surface area contributed by atoms with Crippen molar-refractivity contribution in [2.24, 2.45) is 0 Å². The van der Waals surface area contributed by atoms with E-state index in [0.29, 0.717) is 47.4 Å². The van der Waals surface area contributed by atoms with Gasteiger partial charge in [-0.25, -0.2) is 0 Å². The molecule has 3 heterocycles. The van der Waals surface area contributed by atoms with Crippen molar-refractivity contribution >= 4 is 29.0 Å². The van der Waals surface area contributed by atoms with Crippen LogP contribution >= 0.6 is 11.6 Å². The highest BCUT2D eigenvalue weighted by molar-refractivity contribution is 6.30. The number of carbonyl (C=O) groups excluding carboxylic acids is 1. The summed E-state index contributed by atoms with van der Waals surface area (Å²) in [7, 11) is 0. The van der Waals surface area contributed by atoms with Crippen molar-refractivity contribution in [2.75, 3.05) is 11.9 Å². The molecule has 0 aliphatic rings. The van der Waals surface area contributed by atoms with E-state index in [1.165, 1.54) is 0 Å². The van der Waals surface area contributed by atoms with Crippen LogP contribution < -0.4 is 10.6 Å². The molecule has 9 heteroatoms. The first-order chi connectivity index (χ1) is 14.2. The number of hydrogen-bond acceptors (Lipinski definition) is 6. The van der Waals surface area contributed by atoms with Crippen LogP contribution in [0.3, 0.4) is 0 Å². The van der Waals surface area contributed by atoms with Crippen molar-refractivity contribution < 1.29 is 4.79 Å². The minimum absolute atomic E-state index is 0.188. The summed E-state index contributed by atoms with van der Waals surface area (Å²) in [6, 6.07) is 16.3. The van der Waals surface area contributed by atoms with Gasteiger partial charge in [-0.15, -0.1) is 15.3 Å². The number of benzene rings is 1.